The van der Waals surface area contributed by atoms with Gasteiger partial charge in [-0.2, -0.15) is 0 Å². The van der Waals surface area contributed by atoms with Gasteiger partial charge in [-0.05, 0) is 37.6 Å². The lowest BCUT2D eigenvalue weighted by Crippen LogP contribution is -2.35. The van der Waals surface area contributed by atoms with Crippen LogP contribution < -0.4 is 0 Å². The third-order valence-corrected chi connectivity index (χ3v) is 2.80. The maximum Gasteiger partial charge on any atom is 0.164 e. The number of phenols is 1. The first kappa shape index (κ1) is 11.9. The molecule has 1 aromatic carbocycles. The number of hydrogen-bond donors (Lipinski definition) is 1. The summed E-state index contributed by atoms with van der Waals surface area (Å²) in [5, 5.41) is 9.17. The highest BCUT2D eigenvalue weighted by atomic mass is 16.5. The largest absolute Gasteiger partial charge is 0.508 e. The van der Waals surface area contributed by atoms with Crippen LogP contribution in [0, 0.1) is 0 Å². The van der Waals surface area contributed by atoms with Gasteiger partial charge >= 0.3 is 0 Å². The lowest BCUT2D eigenvalue weighted by molar-refractivity contribution is -0.127. The first-order valence-electron chi connectivity index (χ1n) is 5.63. The van der Waals surface area contributed by atoms with Crippen LogP contribution in [-0.2, 0) is 9.53 Å². The number of rotatable bonds is 1. The molecular formula is C14H16O3. The molecule has 1 aromatic rings. The van der Waals surface area contributed by atoms with Crippen molar-refractivity contribution in [3.8, 4) is 5.75 Å². The van der Waals surface area contributed by atoms with E-state index >= 15 is 0 Å². The van der Waals surface area contributed by atoms with Gasteiger partial charge in [0.15, 0.2) is 5.78 Å². The van der Waals surface area contributed by atoms with Crippen LogP contribution in [0.4, 0.5) is 0 Å². The topological polar surface area (TPSA) is 46.5 Å². The van der Waals surface area contributed by atoms with Crippen molar-refractivity contribution >= 4 is 11.9 Å². The van der Waals surface area contributed by atoms with Crippen LogP contribution in [0.15, 0.2) is 29.8 Å². The number of carbonyl (C=O) groups is 1. The third-order valence-electron chi connectivity index (χ3n) is 2.80. The van der Waals surface area contributed by atoms with Crippen LogP contribution >= 0.6 is 0 Å². The lowest BCUT2D eigenvalue weighted by atomic mass is 9.93. The summed E-state index contributed by atoms with van der Waals surface area (Å²) in [5.41, 5.74) is 1.23. The van der Waals surface area contributed by atoms with Gasteiger partial charge in [0.1, 0.15) is 5.75 Å². The number of aromatic hydroxyl groups is 1. The molecule has 17 heavy (non-hydrogen) atoms. The molecule has 3 heteroatoms. The van der Waals surface area contributed by atoms with Gasteiger partial charge in [-0.25, -0.2) is 0 Å². The Labute approximate surface area is 101 Å². The molecule has 0 radical (unpaired) electrons. The summed E-state index contributed by atoms with van der Waals surface area (Å²) in [5.74, 6) is 0.355. The van der Waals surface area contributed by atoms with Crippen molar-refractivity contribution in [1.29, 1.82) is 0 Å². The minimum absolute atomic E-state index is 0.134. The van der Waals surface area contributed by atoms with E-state index in [0.29, 0.717) is 18.6 Å². The van der Waals surface area contributed by atoms with Crippen LogP contribution in [0.2, 0.25) is 0 Å². The van der Waals surface area contributed by atoms with Crippen molar-refractivity contribution in [2.75, 3.05) is 6.61 Å². The molecule has 0 aromatic heterocycles. The zero-order valence-corrected chi connectivity index (χ0v) is 10.1. The molecule has 90 valence electrons. The van der Waals surface area contributed by atoms with E-state index in [9.17, 15) is 9.90 Å². The number of Topliss-reactive ketones (excluding diaryl/α,β-unsaturated/α-hetero) is 1. The van der Waals surface area contributed by atoms with E-state index in [1.165, 1.54) is 0 Å². The molecule has 0 spiro atoms. The summed E-state index contributed by atoms with van der Waals surface area (Å²) in [6.45, 7) is 4.19. The quantitative estimate of drug-likeness (QED) is 0.757. The van der Waals surface area contributed by atoms with Crippen molar-refractivity contribution in [3.63, 3.8) is 0 Å². The number of phenolic OH excluding ortho intramolecular Hbond substituents is 1. The third kappa shape index (κ3) is 2.94. The van der Waals surface area contributed by atoms with Crippen LogP contribution in [0.3, 0.4) is 0 Å². The molecule has 0 atom stereocenters. The molecule has 1 aliphatic rings. The Hall–Kier alpha value is -1.61. The van der Waals surface area contributed by atoms with Gasteiger partial charge in [0, 0.05) is 12.0 Å². The Bertz CT molecular complexity index is 455. The van der Waals surface area contributed by atoms with Gasteiger partial charge in [-0.1, -0.05) is 12.1 Å². The lowest BCUT2D eigenvalue weighted by Gasteiger charge is -2.30. The molecule has 0 amide bonds. The summed E-state index contributed by atoms with van der Waals surface area (Å²) < 4.78 is 5.61. The number of benzene rings is 1. The zero-order valence-electron chi connectivity index (χ0n) is 10.1. The van der Waals surface area contributed by atoms with Gasteiger partial charge in [0.2, 0.25) is 0 Å². The van der Waals surface area contributed by atoms with Gasteiger partial charge in [0.25, 0.3) is 0 Å². The van der Waals surface area contributed by atoms with Crippen LogP contribution in [0.1, 0.15) is 25.8 Å². The second kappa shape index (κ2) is 4.34. The van der Waals surface area contributed by atoms with Crippen LogP contribution in [-0.4, -0.2) is 23.1 Å². The number of ether oxygens (including phenoxy) is 1. The van der Waals surface area contributed by atoms with E-state index in [1.54, 1.807) is 24.3 Å². The van der Waals surface area contributed by atoms with Crippen molar-refractivity contribution in [3.05, 3.63) is 35.4 Å². The molecule has 1 aliphatic heterocycles. The smallest absolute Gasteiger partial charge is 0.164 e. The number of carbonyl (C=O) groups excluding carboxylic acids is 1. The molecule has 1 fully saturated rings. The molecule has 1 heterocycles. The standard InChI is InChI=1S/C14H16O3/c1-14(2)8-13(16)11(9-17-14)7-10-3-5-12(15)6-4-10/h3-7,15H,8-9H2,1-2H3/b11-7+. The second-order valence-electron chi connectivity index (χ2n) is 4.91. The first-order valence-corrected chi connectivity index (χ1v) is 5.63. The summed E-state index contributed by atoms with van der Waals surface area (Å²) in [6, 6.07) is 6.75. The number of hydrogen-bond acceptors (Lipinski definition) is 3. The molecule has 1 N–H and O–H groups in total. The SMILES string of the molecule is CC1(C)CC(=O)/C(=C/c2ccc(O)cc2)CO1. The minimum Gasteiger partial charge on any atom is -0.508 e. The molecule has 0 saturated carbocycles. The van der Waals surface area contributed by atoms with E-state index < -0.39 is 0 Å². The van der Waals surface area contributed by atoms with E-state index in [4.69, 9.17) is 4.74 Å². The van der Waals surface area contributed by atoms with Gasteiger partial charge in [-0.3, -0.25) is 4.79 Å². The maximum atomic E-state index is 11.9. The first-order chi connectivity index (χ1) is 7.96. The Morgan fingerprint density at radius 1 is 1.29 bits per heavy atom. The molecule has 0 bridgehead atoms. The Morgan fingerprint density at radius 3 is 2.53 bits per heavy atom. The summed E-state index contributed by atoms with van der Waals surface area (Å²) in [6.07, 6.45) is 2.23. The maximum absolute atomic E-state index is 11.9. The monoisotopic (exact) mass is 232 g/mol. The predicted octanol–water partition coefficient (Wildman–Crippen LogP) is 2.54. The Kier molecular flexibility index (Phi) is 3.03. The normalized spacial score (nSPS) is 21.8. The summed E-state index contributed by atoms with van der Waals surface area (Å²) in [7, 11) is 0. The zero-order chi connectivity index (χ0) is 12.5. The average molecular weight is 232 g/mol. The highest BCUT2D eigenvalue weighted by Gasteiger charge is 2.30. The molecular weight excluding hydrogens is 216 g/mol. The van der Waals surface area contributed by atoms with Crippen molar-refractivity contribution < 1.29 is 14.6 Å². The van der Waals surface area contributed by atoms with Gasteiger partial charge < -0.3 is 9.84 Å². The van der Waals surface area contributed by atoms with Crippen molar-refractivity contribution in [1.82, 2.24) is 0 Å². The van der Waals surface area contributed by atoms with Crippen LogP contribution in [0.5, 0.6) is 5.75 Å². The minimum atomic E-state index is -0.358. The van der Waals surface area contributed by atoms with Crippen molar-refractivity contribution in [2.45, 2.75) is 25.9 Å². The Balaban J connectivity index is 2.18. The fraction of sp³-hybridized carbons (Fsp3) is 0.357. The van der Waals surface area contributed by atoms with E-state index in [2.05, 4.69) is 0 Å². The van der Waals surface area contributed by atoms with Crippen LogP contribution in [0.25, 0.3) is 6.08 Å². The second-order valence-corrected chi connectivity index (χ2v) is 4.91. The van der Waals surface area contributed by atoms with E-state index in [-0.39, 0.29) is 17.1 Å². The fourth-order valence-electron chi connectivity index (χ4n) is 1.80. The highest BCUT2D eigenvalue weighted by molar-refractivity contribution is 6.00. The molecule has 0 aliphatic carbocycles. The fourth-order valence-corrected chi connectivity index (χ4v) is 1.80. The average Bonchev–Trinajstić information content (AvgIpc) is 2.24. The molecule has 1 saturated heterocycles. The highest BCUT2D eigenvalue weighted by Crippen LogP contribution is 2.25. The van der Waals surface area contributed by atoms with Gasteiger partial charge in [0.05, 0.1) is 12.2 Å². The summed E-state index contributed by atoms with van der Waals surface area (Å²) in [4.78, 5) is 11.9. The molecule has 3 nitrogen and oxygen atoms in total. The predicted molar refractivity (Wildman–Crippen MR) is 65.7 cm³/mol. The van der Waals surface area contributed by atoms with Crippen molar-refractivity contribution in [2.24, 2.45) is 0 Å². The number of ketones is 1. The Morgan fingerprint density at radius 2 is 1.94 bits per heavy atom. The van der Waals surface area contributed by atoms with E-state index in [1.807, 2.05) is 19.9 Å². The van der Waals surface area contributed by atoms with E-state index in [0.717, 1.165) is 5.56 Å². The molecule has 2 rings (SSSR count). The summed E-state index contributed by atoms with van der Waals surface area (Å²) >= 11 is 0. The molecule has 0 unspecified atom stereocenters. The van der Waals surface area contributed by atoms with Gasteiger partial charge in [-0.15, -0.1) is 0 Å².